The summed E-state index contributed by atoms with van der Waals surface area (Å²) in [5.41, 5.74) is 1.10. The molecule has 6 nitrogen and oxygen atoms in total. The number of hydrogen-bond acceptors (Lipinski definition) is 3. The van der Waals surface area contributed by atoms with Crippen molar-refractivity contribution in [3.05, 3.63) is 29.8 Å². The van der Waals surface area contributed by atoms with E-state index in [9.17, 15) is 14.4 Å². The fraction of sp³-hybridized carbons (Fsp3) is 0.400. The molecular formula is C15H20N2O4. The van der Waals surface area contributed by atoms with E-state index in [1.54, 1.807) is 31.2 Å². The fourth-order valence-corrected chi connectivity index (χ4v) is 1.87. The smallest absolute Gasteiger partial charge is 0.303 e. The highest BCUT2D eigenvalue weighted by Crippen LogP contribution is 2.13. The molecule has 0 aliphatic carbocycles. The van der Waals surface area contributed by atoms with E-state index in [4.69, 9.17) is 5.11 Å². The van der Waals surface area contributed by atoms with Gasteiger partial charge in [-0.1, -0.05) is 6.92 Å². The number of benzene rings is 1. The molecule has 0 bridgehead atoms. The number of rotatable bonds is 7. The lowest BCUT2D eigenvalue weighted by molar-refractivity contribution is -0.138. The molecule has 1 aromatic carbocycles. The fourth-order valence-electron chi connectivity index (χ4n) is 1.87. The standard InChI is InChI=1S/C15H20N2O4/c1-3-16-15(21)11-4-6-12(7-5-11)17-13(18)8-10(2)9-14(19)20/h4-7,10H,3,8-9H2,1-2H3,(H,16,21)(H,17,18)(H,19,20). The van der Waals surface area contributed by atoms with Gasteiger partial charge >= 0.3 is 5.97 Å². The Hall–Kier alpha value is -2.37. The summed E-state index contributed by atoms with van der Waals surface area (Å²) in [4.78, 5) is 33.8. The molecule has 0 saturated carbocycles. The Kier molecular flexibility index (Phi) is 6.39. The third-order valence-corrected chi connectivity index (χ3v) is 2.83. The van der Waals surface area contributed by atoms with Crippen molar-refractivity contribution in [3.8, 4) is 0 Å². The first-order chi connectivity index (χ1) is 9.92. The summed E-state index contributed by atoms with van der Waals surface area (Å²) in [6, 6.07) is 6.54. The number of hydrogen-bond donors (Lipinski definition) is 3. The number of carbonyl (C=O) groups excluding carboxylic acids is 2. The zero-order chi connectivity index (χ0) is 15.8. The van der Waals surface area contributed by atoms with Gasteiger partial charge in [0, 0.05) is 30.6 Å². The minimum absolute atomic E-state index is 0.0381. The van der Waals surface area contributed by atoms with Gasteiger partial charge in [0.2, 0.25) is 5.91 Å². The van der Waals surface area contributed by atoms with Crippen LogP contribution in [0.1, 0.15) is 37.0 Å². The van der Waals surface area contributed by atoms with Crippen LogP contribution < -0.4 is 10.6 Å². The molecule has 1 unspecified atom stereocenters. The van der Waals surface area contributed by atoms with E-state index >= 15 is 0 Å². The van der Waals surface area contributed by atoms with Crippen LogP contribution in [0.4, 0.5) is 5.69 Å². The minimum atomic E-state index is -0.915. The maximum absolute atomic E-state index is 11.7. The predicted octanol–water partition coefficient (Wildman–Crippen LogP) is 1.88. The molecule has 21 heavy (non-hydrogen) atoms. The topological polar surface area (TPSA) is 95.5 Å². The predicted molar refractivity (Wildman–Crippen MR) is 79.1 cm³/mol. The molecule has 114 valence electrons. The van der Waals surface area contributed by atoms with Crippen molar-refractivity contribution in [1.82, 2.24) is 5.32 Å². The second kappa shape index (κ2) is 8.04. The molecule has 0 aliphatic heterocycles. The van der Waals surface area contributed by atoms with Gasteiger partial charge in [0.15, 0.2) is 0 Å². The first kappa shape index (κ1) is 16.7. The van der Waals surface area contributed by atoms with Gasteiger partial charge < -0.3 is 15.7 Å². The number of carboxylic acid groups (broad SMARTS) is 1. The number of aliphatic carboxylic acids is 1. The molecule has 0 spiro atoms. The number of anilines is 1. The molecule has 1 rings (SSSR count). The lowest BCUT2D eigenvalue weighted by Crippen LogP contribution is -2.22. The highest BCUT2D eigenvalue weighted by Gasteiger charge is 2.13. The summed E-state index contributed by atoms with van der Waals surface area (Å²) in [5.74, 6) is -1.54. The Bertz CT molecular complexity index is 511. The highest BCUT2D eigenvalue weighted by molar-refractivity contribution is 5.95. The van der Waals surface area contributed by atoms with E-state index in [0.717, 1.165) is 0 Å². The van der Waals surface area contributed by atoms with Crippen LogP contribution in [0.25, 0.3) is 0 Å². The zero-order valence-corrected chi connectivity index (χ0v) is 12.2. The van der Waals surface area contributed by atoms with E-state index in [-0.39, 0.29) is 30.6 Å². The highest BCUT2D eigenvalue weighted by atomic mass is 16.4. The number of carboxylic acids is 1. The van der Waals surface area contributed by atoms with Gasteiger partial charge in [-0.15, -0.1) is 0 Å². The summed E-state index contributed by atoms with van der Waals surface area (Å²) in [7, 11) is 0. The summed E-state index contributed by atoms with van der Waals surface area (Å²) in [6.07, 6.45) is 0.105. The SMILES string of the molecule is CCNC(=O)c1ccc(NC(=O)CC(C)CC(=O)O)cc1. The van der Waals surface area contributed by atoms with Crippen LogP contribution in [0.5, 0.6) is 0 Å². The van der Waals surface area contributed by atoms with Crippen LogP contribution in [0, 0.1) is 5.92 Å². The van der Waals surface area contributed by atoms with Crippen LogP contribution >= 0.6 is 0 Å². The largest absolute Gasteiger partial charge is 0.481 e. The van der Waals surface area contributed by atoms with Crippen LogP contribution in [0.3, 0.4) is 0 Å². The Morgan fingerprint density at radius 1 is 1.14 bits per heavy atom. The van der Waals surface area contributed by atoms with Gasteiger partial charge in [0.05, 0.1) is 0 Å². The first-order valence-corrected chi connectivity index (χ1v) is 6.82. The molecule has 3 N–H and O–H groups in total. The average molecular weight is 292 g/mol. The number of nitrogens with one attached hydrogen (secondary N) is 2. The summed E-state index contributed by atoms with van der Waals surface area (Å²) in [6.45, 7) is 4.11. The van der Waals surface area contributed by atoms with Crippen molar-refractivity contribution >= 4 is 23.5 Å². The molecule has 0 saturated heterocycles. The normalized spacial score (nSPS) is 11.5. The molecule has 6 heteroatoms. The Balaban J connectivity index is 2.53. The van der Waals surface area contributed by atoms with E-state index in [1.807, 2.05) is 6.92 Å². The molecule has 0 heterocycles. The number of amides is 2. The molecule has 1 aromatic rings. The van der Waals surface area contributed by atoms with E-state index in [1.165, 1.54) is 0 Å². The molecular weight excluding hydrogens is 272 g/mol. The lowest BCUT2D eigenvalue weighted by Gasteiger charge is -2.10. The van der Waals surface area contributed by atoms with Gasteiger partial charge in [0.1, 0.15) is 0 Å². The number of carbonyl (C=O) groups is 3. The van der Waals surface area contributed by atoms with Crippen LogP contribution in [-0.4, -0.2) is 29.4 Å². The van der Waals surface area contributed by atoms with Gasteiger partial charge in [-0.05, 0) is 37.1 Å². The van der Waals surface area contributed by atoms with Crippen LogP contribution in [0.15, 0.2) is 24.3 Å². The van der Waals surface area contributed by atoms with Crippen molar-refractivity contribution in [3.63, 3.8) is 0 Å². The quantitative estimate of drug-likeness (QED) is 0.715. The molecule has 2 amide bonds. The Labute approximate surface area is 123 Å². The molecule has 0 radical (unpaired) electrons. The van der Waals surface area contributed by atoms with Crippen molar-refractivity contribution < 1.29 is 19.5 Å². The maximum atomic E-state index is 11.7. The van der Waals surface area contributed by atoms with E-state index in [2.05, 4.69) is 10.6 Å². The molecule has 0 aromatic heterocycles. The van der Waals surface area contributed by atoms with Gasteiger partial charge in [-0.2, -0.15) is 0 Å². The Morgan fingerprint density at radius 2 is 1.76 bits per heavy atom. The minimum Gasteiger partial charge on any atom is -0.481 e. The van der Waals surface area contributed by atoms with Gasteiger partial charge in [-0.25, -0.2) is 0 Å². The van der Waals surface area contributed by atoms with E-state index in [0.29, 0.717) is 17.8 Å². The van der Waals surface area contributed by atoms with Crippen LogP contribution in [0.2, 0.25) is 0 Å². The summed E-state index contributed by atoms with van der Waals surface area (Å²) >= 11 is 0. The maximum Gasteiger partial charge on any atom is 0.303 e. The van der Waals surface area contributed by atoms with Crippen molar-refractivity contribution in [1.29, 1.82) is 0 Å². The average Bonchev–Trinajstić information content (AvgIpc) is 2.38. The Morgan fingerprint density at radius 3 is 2.29 bits per heavy atom. The summed E-state index contributed by atoms with van der Waals surface area (Å²) in [5, 5.41) is 14.0. The lowest BCUT2D eigenvalue weighted by atomic mass is 10.0. The van der Waals surface area contributed by atoms with Gasteiger partial charge in [-0.3, -0.25) is 14.4 Å². The zero-order valence-electron chi connectivity index (χ0n) is 12.2. The third-order valence-electron chi connectivity index (χ3n) is 2.83. The van der Waals surface area contributed by atoms with Crippen molar-refractivity contribution in [2.75, 3.05) is 11.9 Å². The summed E-state index contributed by atoms with van der Waals surface area (Å²) < 4.78 is 0. The van der Waals surface area contributed by atoms with Crippen molar-refractivity contribution in [2.45, 2.75) is 26.7 Å². The molecule has 0 fully saturated rings. The monoisotopic (exact) mass is 292 g/mol. The van der Waals surface area contributed by atoms with Crippen LogP contribution in [-0.2, 0) is 9.59 Å². The second-order valence-electron chi connectivity index (χ2n) is 4.89. The second-order valence-corrected chi connectivity index (χ2v) is 4.89. The molecule has 1 atom stereocenters. The van der Waals surface area contributed by atoms with E-state index < -0.39 is 5.97 Å². The first-order valence-electron chi connectivity index (χ1n) is 6.82. The van der Waals surface area contributed by atoms with Gasteiger partial charge in [0.25, 0.3) is 5.91 Å². The molecule has 0 aliphatic rings. The van der Waals surface area contributed by atoms with Crippen molar-refractivity contribution in [2.24, 2.45) is 5.92 Å². The third kappa shape index (κ3) is 6.07.